The lowest BCUT2D eigenvalue weighted by molar-refractivity contribution is 0.355. The highest BCUT2D eigenvalue weighted by Gasteiger charge is 2.23. The number of benzene rings is 3. The number of nitriles is 1. The van der Waals surface area contributed by atoms with E-state index in [0.717, 1.165) is 16.8 Å². The molecule has 0 amide bonds. The number of hydrogen-bond donors (Lipinski definition) is 0. The van der Waals surface area contributed by atoms with Crippen molar-refractivity contribution >= 4 is 15.9 Å². The number of rotatable bonds is 7. The summed E-state index contributed by atoms with van der Waals surface area (Å²) in [6.07, 6.45) is 3.07. The molecule has 7 nitrogen and oxygen atoms in total. The van der Waals surface area contributed by atoms with Crippen LogP contribution in [0.25, 0.3) is 23.0 Å². The molecule has 4 aromatic rings. The van der Waals surface area contributed by atoms with E-state index in [2.05, 4.69) is 0 Å². The average molecular weight is 500 g/mol. The zero-order valence-electron chi connectivity index (χ0n) is 20.4. The Morgan fingerprint density at radius 3 is 2.31 bits per heavy atom. The Hall–Kier alpha value is -4.35. The van der Waals surface area contributed by atoms with Crippen LogP contribution in [0.3, 0.4) is 0 Å². The van der Waals surface area contributed by atoms with E-state index in [9.17, 15) is 13.7 Å². The molecular formula is C28H25N3O4S. The van der Waals surface area contributed by atoms with Gasteiger partial charge in [-0.15, -0.1) is 0 Å². The van der Waals surface area contributed by atoms with Gasteiger partial charge in [-0.3, -0.25) is 0 Å². The van der Waals surface area contributed by atoms with E-state index in [1.807, 2.05) is 50.2 Å². The van der Waals surface area contributed by atoms with E-state index in [-0.39, 0.29) is 9.80 Å². The SMILES string of the molecule is COc1ccc(-c2nn(-c3ccccc3)cc2/C=C(\C#N)S(=O)(=O)c2ccc(C)c(C)c2)cc1OC. The molecule has 36 heavy (non-hydrogen) atoms. The summed E-state index contributed by atoms with van der Waals surface area (Å²) in [5.41, 5.74) is 4.22. The Morgan fingerprint density at radius 1 is 0.944 bits per heavy atom. The van der Waals surface area contributed by atoms with Gasteiger partial charge in [-0.2, -0.15) is 10.4 Å². The van der Waals surface area contributed by atoms with Gasteiger partial charge in [-0.25, -0.2) is 13.1 Å². The van der Waals surface area contributed by atoms with Crippen molar-refractivity contribution in [2.24, 2.45) is 0 Å². The first-order valence-electron chi connectivity index (χ1n) is 11.1. The Morgan fingerprint density at radius 2 is 1.67 bits per heavy atom. The minimum atomic E-state index is -4.05. The maximum absolute atomic E-state index is 13.4. The molecule has 4 rings (SSSR count). The Kier molecular flexibility index (Phi) is 6.95. The van der Waals surface area contributed by atoms with Crippen molar-refractivity contribution in [3.63, 3.8) is 0 Å². The summed E-state index contributed by atoms with van der Waals surface area (Å²) in [4.78, 5) is -0.304. The molecule has 0 bridgehead atoms. The average Bonchev–Trinajstić information content (AvgIpc) is 3.32. The summed E-state index contributed by atoms with van der Waals surface area (Å²) in [6, 6.07) is 21.5. The van der Waals surface area contributed by atoms with E-state index in [1.165, 1.54) is 19.3 Å². The van der Waals surface area contributed by atoms with Crippen LogP contribution in [0.2, 0.25) is 0 Å². The zero-order chi connectivity index (χ0) is 25.9. The van der Waals surface area contributed by atoms with Crippen molar-refractivity contribution in [1.29, 1.82) is 5.26 Å². The molecule has 0 aliphatic heterocycles. The maximum atomic E-state index is 13.4. The van der Waals surface area contributed by atoms with Gasteiger partial charge >= 0.3 is 0 Å². The summed E-state index contributed by atoms with van der Waals surface area (Å²) < 4.78 is 39.2. The molecule has 182 valence electrons. The highest BCUT2D eigenvalue weighted by atomic mass is 32.2. The van der Waals surface area contributed by atoms with Crippen LogP contribution in [0.1, 0.15) is 16.7 Å². The summed E-state index contributed by atoms with van der Waals surface area (Å²) in [5.74, 6) is 1.05. The third kappa shape index (κ3) is 4.74. The summed E-state index contributed by atoms with van der Waals surface area (Å²) in [5, 5.41) is 14.6. The lowest BCUT2D eigenvalue weighted by Crippen LogP contribution is -2.04. The number of allylic oxidation sites excluding steroid dienone is 1. The second-order valence-corrected chi connectivity index (χ2v) is 10.1. The second-order valence-electron chi connectivity index (χ2n) is 8.15. The molecule has 0 N–H and O–H groups in total. The largest absolute Gasteiger partial charge is 0.493 e. The van der Waals surface area contributed by atoms with Crippen LogP contribution < -0.4 is 9.47 Å². The molecule has 0 radical (unpaired) electrons. The normalized spacial score (nSPS) is 11.7. The van der Waals surface area contributed by atoms with Crippen LogP contribution in [0.5, 0.6) is 11.5 Å². The Labute approximate surface area is 210 Å². The smallest absolute Gasteiger partial charge is 0.216 e. The standard InChI is InChI=1S/C28H25N3O4S/c1-19-10-12-24(14-20(19)2)36(32,33)25(17-29)15-22-18-31(23-8-6-5-7-9-23)30-28(22)21-11-13-26(34-3)27(16-21)35-4/h5-16,18H,1-4H3/b25-15+. The number of para-hydroxylation sites is 1. The number of ether oxygens (including phenoxy) is 2. The second kappa shape index (κ2) is 10.1. The van der Waals surface area contributed by atoms with Crippen molar-refractivity contribution < 1.29 is 17.9 Å². The first-order chi connectivity index (χ1) is 17.3. The number of sulfone groups is 1. The molecule has 1 heterocycles. The number of hydrogen-bond acceptors (Lipinski definition) is 6. The molecule has 0 saturated heterocycles. The molecule has 1 aromatic heterocycles. The van der Waals surface area contributed by atoms with Gasteiger partial charge < -0.3 is 9.47 Å². The molecule has 0 aliphatic rings. The molecule has 0 aliphatic carbocycles. The van der Waals surface area contributed by atoms with E-state index in [1.54, 1.807) is 48.3 Å². The van der Waals surface area contributed by atoms with Crippen molar-refractivity contribution in [2.75, 3.05) is 14.2 Å². The van der Waals surface area contributed by atoms with Crippen LogP contribution in [-0.2, 0) is 9.84 Å². The predicted octanol–water partition coefficient (Wildman–Crippen LogP) is 5.51. The van der Waals surface area contributed by atoms with Crippen LogP contribution in [0.4, 0.5) is 0 Å². The lowest BCUT2D eigenvalue weighted by atomic mass is 10.1. The van der Waals surface area contributed by atoms with Gasteiger partial charge in [0.1, 0.15) is 16.7 Å². The van der Waals surface area contributed by atoms with E-state index < -0.39 is 9.84 Å². The summed E-state index contributed by atoms with van der Waals surface area (Å²) in [7, 11) is -0.963. The third-order valence-corrected chi connectivity index (χ3v) is 7.56. The monoisotopic (exact) mass is 499 g/mol. The van der Waals surface area contributed by atoms with Crippen LogP contribution >= 0.6 is 0 Å². The van der Waals surface area contributed by atoms with Gasteiger partial charge in [0, 0.05) is 17.3 Å². The number of methoxy groups -OCH3 is 2. The first-order valence-corrected chi connectivity index (χ1v) is 12.6. The molecule has 0 saturated carbocycles. The van der Waals surface area contributed by atoms with Crippen molar-refractivity contribution in [1.82, 2.24) is 9.78 Å². The maximum Gasteiger partial charge on any atom is 0.216 e. The van der Waals surface area contributed by atoms with Crippen LogP contribution in [0, 0.1) is 25.2 Å². The van der Waals surface area contributed by atoms with Gasteiger partial charge in [-0.1, -0.05) is 24.3 Å². The molecule has 3 aromatic carbocycles. The number of aryl methyl sites for hydroxylation is 2. The molecule has 0 fully saturated rings. The van der Waals surface area contributed by atoms with Gasteiger partial charge in [-0.05, 0) is 73.5 Å². The quantitative estimate of drug-likeness (QED) is 0.311. The molecule has 0 unspecified atom stereocenters. The molecule has 8 heteroatoms. The fourth-order valence-corrected chi connectivity index (χ4v) is 4.97. The van der Waals surface area contributed by atoms with Gasteiger partial charge in [0.15, 0.2) is 11.5 Å². The highest BCUT2D eigenvalue weighted by Crippen LogP contribution is 2.35. The first kappa shape index (κ1) is 24.8. The van der Waals surface area contributed by atoms with E-state index in [4.69, 9.17) is 14.6 Å². The number of nitrogens with zero attached hydrogens (tertiary/aromatic N) is 3. The van der Waals surface area contributed by atoms with Crippen molar-refractivity contribution in [3.8, 4) is 34.5 Å². The van der Waals surface area contributed by atoms with Gasteiger partial charge in [0.05, 0.1) is 24.8 Å². The number of aromatic nitrogens is 2. The van der Waals surface area contributed by atoms with E-state index >= 15 is 0 Å². The van der Waals surface area contributed by atoms with Gasteiger partial charge in [0.25, 0.3) is 0 Å². The third-order valence-electron chi connectivity index (χ3n) is 5.90. The molecule has 0 spiro atoms. The van der Waals surface area contributed by atoms with Crippen molar-refractivity contribution in [2.45, 2.75) is 18.7 Å². The van der Waals surface area contributed by atoms with Crippen molar-refractivity contribution in [3.05, 3.63) is 94.5 Å². The molecule has 0 atom stereocenters. The van der Waals surface area contributed by atoms with Gasteiger partial charge in [0.2, 0.25) is 9.84 Å². The highest BCUT2D eigenvalue weighted by molar-refractivity contribution is 7.95. The minimum absolute atomic E-state index is 0.0708. The fraction of sp³-hybridized carbons (Fsp3) is 0.143. The zero-order valence-corrected chi connectivity index (χ0v) is 21.2. The summed E-state index contributed by atoms with van der Waals surface area (Å²) >= 11 is 0. The summed E-state index contributed by atoms with van der Waals surface area (Å²) in [6.45, 7) is 3.74. The van der Waals surface area contributed by atoms with Crippen LogP contribution in [-0.4, -0.2) is 32.4 Å². The molecular weight excluding hydrogens is 474 g/mol. The predicted molar refractivity (Wildman–Crippen MR) is 139 cm³/mol. The minimum Gasteiger partial charge on any atom is -0.493 e. The van der Waals surface area contributed by atoms with Crippen LogP contribution in [0.15, 0.2) is 82.7 Å². The topological polar surface area (TPSA) is 94.2 Å². The fourth-order valence-electron chi connectivity index (χ4n) is 3.73. The lowest BCUT2D eigenvalue weighted by Gasteiger charge is -2.09. The Balaban J connectivity index is 1.91. The van der Waals surface area contributed by atoms with E-state index in [0.29, 0.717) is 28.3 Å². The Bertz CT molecular complexity index is 1600.